The van der Waals surface area contributed by atoms with Gasteiger partial charge in [-0.2, -0.15) is 0 Å². The number of carboxylic acids is 1. The van der Waals surface area contributed by atoms with Crippen LogP contribution in [0.5, 0.6) is 0 Å². The van der Waals surface area contributed by atoms with Crippen LogP contribution < -0.4 is 0 Å². The van der Waals surface area contributed by atoms with Crippen LogP contribution in [-0.4, -0.2) is 30.9 Å². The van der Waals surface area contributed by atoms with E-state index >= 15 is 0 Å². The topological polar surface area (TPSA) is 91.7 Å². The molecule has 1 atom stereocenters. The highest BCUT2D eigenvalue weighted by molar-refractivity contribution is 7.90. The molecule has 0 saturated heterocycles. The van der Waals surface area contributed by atoms with Crippen LogP contribution in [0.15, 0.2) is 53.4 Å². The van der Waals surface area contributed by atoms with Crippen molar-refractivity contribution in [3.8, 4) is 11.1 Å². The second-order valence-corrected chi connectivity index (χ2v) is 6.62. The standard InChI is InChI=1S/C15H14O5S/c1-21(19,20)13-5-3-2-4-12(13)10-6-8-11(9-7-10)14(16)15(17)18/h2-9,14,16H,1H3,(H,17,18). The van der Waals surface area contributed by atoms with Gasteiger partial charge in [-0.1, -0.05) is 42.5 Å². The first-order chi connectivity index (χ1) is 9.80. The molecular formula is C15H14O5S. The fraction of sp³-hybridized carbons (Fsp3) is 0.133. The molecule has 2 aromatic rings. The average molecular weight is 306 g/mol. The Labute approximate surface area is 122 Å². The first-order valence-corrected chi connectivity index (χ1v) is 8.00. The molecule has 6 heteroatoms. The molecule has 0 radical (unpaired) electrons. The van der Waals surface area contributed by atoms with E-state index in [2.05, 4.69) is 0 Å². The fourth-order valence-corrected chi connectivity index (χ4v) is 2.93. The van der Waals surface area contributed by atoms with Gasteiger partial charge in [0.25, 0.3) is 0 Å². The molecule has 0 aliphatic rings. The summed E-state index contributed by atoms with van der Waals surface area (Å²) in [7, 11) is -3.37. The van der Waals surface area contributed by atoms with Crippen molar-refractivity contribution in [3.05, 3.63) is 54.1 Å². The Morgan fingerprint density at radius 3 is 2.14 bits per heavy atom. The molecule has 21 heavy (non-hydrogen) atoms. The summed E-state index contributed by atoms with van der Waals surface area (Å²) in [6, 6.07) is 12.7. The van der Waals surface area contributed by atoms with E-state index in [1.165, 1.54) is 18.2 Å². The maximum absolute atomic E-state index is 11.8. The summed E-state index contributed by atoms with van der Waals surface area (Å²) >= 11 is 0. The molecule has 1 unspecified atom stereocenters. The van der Waals surface area contributed by atoms with Gasteiger partial charge in [-0.3, -0.25) is 0 Å². The first-order valence-electron chi connectivity index (χ1n) is 6.11. The number of carboxylic acid groups (broad SMARTS) is 1. The Hall–Kier alpha value is -2.18. The Balaban J connectivity index is 2.48. The summed E-state index contributed by atoms with van der Waals surface area (Å²) in [6.45, 7) is 0. The van der Waals surface area contributed by atoms with Crippen LogP contribution in [-0.2, 0) is 14.6 Å². The van der Waals surface area contributed by atoms with E-state index < -0.39 is 21.9 Å². The highest BCUT2D eigenvalue weighted by atomic mass is 32.2. The van der Waals surface area contributed by atoms with E-state index in [4.69, 9.17) is 5.11 Å². The SMILES string of the molecule is CS(=O)(=O)c1ccccc1-c1ccc(C(O)C(=O)O)cc1. The molecular weight excluding hydrogens is 292 g/mol. The molecule has 2 aromatic carbocycles. The largest absolute Gasteiger partial charge is 0.479 e. The summed E-state index contributed by atoms with van der Waals surface area (Å²) in [5.74, 6) is -1.33. The summed E-state index contributed by atoms with van der Waals surface area (Å²) in [5.41, 5.74) is 1.41. The molecule has 0 aliphatic carbocycles. The average Bonchev–Trinajstić information content (AvgIpc) is 2.45. The lowest BCUT2D eigenvalue weighted by atomic mass is 10.0. The molecule has 0 amide bonds. The third-order valence-electron chi connectivity index (χ3n) is 3.06. The van der Waals surface area contributed by atoms with Crippen molar-refractivity contribution in [1.82, 2.24) is 0 Å². The van der Waals surface area contributed by atoms with Crippen LogP contribution in [0, 0.1) is 0 Å². The zero-order chi connectivity index (χ0) is 15.6. The van der Waals surface area contributed by atoms with E-state index in [9.17, 15) is 18.3 Å². The normalized spacial score (nSPS) is 12.9. The number of benzene rings is 2. The van der Waals surface area contributed by atoms with E-state index in [1.807, 2.05) is 0 Å². The van der Waals surface area contributed by atoms with Gasteiger partial charge in [0.2, 0.25) is 0 Å². The molecule has 0 saturated carbocycles. The minimum Gasteiger partial charge on any atom is -0.479 e. The van der Waals surface area contributed by atoms with Crippen molar-refractivity contribution < 1.29 is 23.4 Å². The number of hydrogen-bond acceptors (Lipinski definition) is 4. The van der Waals surface area contributed by atoms with E-state index in [-0.39, 0.29) is 10.5 Å². The Kier molecular flexibility index (Phi) is 4.11. The van der Waals surface area contributed by atoms with Gasteiger partial charge < -0.3 is 10.2 Å². The lowest BCUT2D eigenvalue weighted by Gasteiger charge is -2.10. The number of rotatable bonds is 4. The smallest absolute Gasteiger partial charge is 0.337 e. The minimum atomic E-state index is -3.37. The number of sulfone groups is 1. The monoisotopic (exact) mass is 306 g/mol. The Morgan fingerprint density at radius 1 is 1.05 bits per heavy atom. The van der Waals surface area contributed by atoms with Crippen LogP contribution in [0.1, 0.15) is 11.7 Å². The summed E-state index contributed by atoms with van der Waals surface area (Å²) < 4.78 is 23.5. The van der Waals surface area contributed by atoms with E-state index in [0.717, 1.165) is 6.26 Å². The van der Waals surface area contributed by atoms with Gasteiger partial charge in [-0.15, -0.1) is 0 Å². The molecule has 0 spiro atoms. The van der Waals surface area contributed by atoms with Crippen molar-refractivity contribution in [3.63, 3.8) is 0 Å². The third kappa shape index (κ3) is 3.29. The molecule has 2 N–H and O–H groups in total. The zero-order valence-electron chi connectivity index (χ0n) is 11.2. The highest BCUT2D eigenvalue weighted by Crippen LogP contribution is 2.28. The fourth-order valence-electron chi connectivity index (χ4n) is 2.02. The summed E-state index contributed by atoms with van der Waals surface area (Å²) in [4.78, 5) is 10.9. The molecule has 0 aromatic heterocycles. The second-order valence-electron chi connectivity index (χ2n) is 4.63. The van der Waals surface area contributed by atoms with Crippen molar-refractivity contribution in [2.45, 2.75) is 11.0 Å². The zero-order valence-corrected chi connectivity index (χ0v) is 12.0. The van der Waals surface area contributed by atoms with Crippen molar-refractivity contribution in [2.24, 2.45) is 0 Å². The first kappa shape index (κ1) is 15.2. The molecule has 0 bridgehead atoms. The van der Waals surface area contributed by atoms with E-state index in [1.54, 1.807) is 30.3 Å². The van der Waals surface area contributed by atoms with Gasteiger partial charge in [-0.25, -0.2) is 13.2 Å². The molecule has 0 heterocycles. The number of carbonyl (C=O) groups is 1. The molecule has 5 nitrogen and oxygen atoms in total. The van der Waals surface area contributed by atoms with Gasteiger partial charge in [0.1, 0.15) is 0 Å². The van der Waals surface area contributed by atoms with Gasteiger partial charge >= 0.3 is 5.97 Å². The lowest BCUT2D eigenvalue weighted by Crippen LogP contribution is -2.10. The van der Waals surface area contributed by atoms with Crippen LogP contribution in [0.25, 0.3) is 11.1 Å². The molecule has 0 fully saturated rings. The Morgan fingerprint density at radius 2 is 1.62 bits per heavy atom. The van der Waals surface area contributed by atoms with Gasteiger partial charge in [-0.05, 0) is 17.2 Å². The summed E-state index contributed by atoms with van der Waals surface area (Å²) in [5, 5.41) is 18.2. The van der Waals surface area contributed by atoms with Crippen LogP contribution in [0.3, 0.4) is 0 Å². The van der Waals surface area contributed by atoms with Crippen molar-refractivity contribution >= 4 is 15.8 Å². The van der Waals surface area contributed by atoms with Crippen LogP contribution >= 0.6 is 0 Å². The van der Waals surface area contributed by atoms with Gasteiger partial charge in [0, 0.05) is 11.8 Å². The summed E-state index contributed by atoms with van der Waals surface area (Å²) in [6.07, 6.45) is -0.460. The Bertz CT molecular complexity index is 763. The number of aliphatic hydroxyl groups excluding tert-OH is 1. The molecule has 2 rings (SSSR count). The maximum Gasteiger partial charge on any atom is 0.337 e. The van der Waals surface area contributed by atoms with Gasteiger partial charge in [0.15, 0.2) is 15.9 Å². The van der Waals surface area contributed by atoms with Crippen molar-refractivity contribution in [1.29, 1.82) is 0 Å². The van der Waals surface area contributed by atoms with Gasteiger partial charge in [0.05, 0.1) is 4.90 Å². The highest BCUT2D eigenvalue weighted by Gasteiger charge is 2.17. The minimum absolute atomic E-state index is 0.205. The number of hydrogen-bond donors (Lipinski definition) is 2. The van der Waals surface area contributed by atoms with E-state index in [0.29, 0.717) is 11.1 Å². The van der Waals surface area contributed by atoms with Crippen LogP contribution in [0.4, 0.5) is 0 Å². The number of aliphatic carboxylic acids is 1. The lowest BCUT2D eigenvalue weighted by molar-refractivity contribution is -0.146. The van der Waals surface area contributed by atoms with Crippen molar-refractivity contribution in [2.75, 3.05) is 6.26 Å². The molecule has 110 valence electrons. The third-order valence-corrected chi connectivity index (χ3v) is 4.21. The quantitative estimate of drug-likeness (QED) is 0.899. The van der Waals surface area contributed by atoms with Crippen LogP contribution in [0.2, 0.25) is 0 Å². The molecule has 0 aliphatic heterocycles. The second kappa shape index (κ2) is 5.67. The predicted molar refractivity (Wildman–Crippen MR) is 77.6 cm³/mol. The number of aliphatic hydroxyl groups is 1. The maximum atomic E-state index is 11.8. The predicted octanol–water partition coefficient (Wildman–Crippen LogP) is 1.88.